The lowest BCUT2D eigenvalue weighted by Gasteiger charge is -2.15. The van der Waals surface area contributed by atoms with E-state index in [0.29, 0.717) is 0 Å². The van der Waals surface area contributed by atoms with Crippen LogP contribution in [-0.2, 0) is 12.8 Å². The van der Waals surface area contributed by atoms with E-state index in [1.165, 1.54) is 27.8 Å². The second-order valence-electron chi connectivity index (χ2n) is 7.57. The van der Waals surface area contributed by atoms with Crippen LogP contribution in [0.5, 0.6) is 0 Å². The van der Waals surface area contributed by atoms with Crippen LogP contribution in [0.15, 0.2) is 64.6 Å². The quantitative estimate of drug-likeness (QED) is 0.401. The van der Waals surface area contributed by atoms with Gasteiger partial charge >= 0.3 is 0 Å². The van der Waals surface area contributed by atoms with Crippen molar-refractivity contribution in [2.45, 2.75) is 47.5 Å². The minimum absolute atomic E-state index is 0.899. The number of benzene rings is 3. The van der Waals surface area contributed by atoms with Crippen molar-refractivity contribution >= 4 is 23.8 Å². The van der Waals surface area contributed by atoms with Crippen LogP contribution in [0.1, 0.15) is 52.8 Å². The van der Waals surface area contributed by atoms with Crippen LogP contribution in [0.3, 0.4) is 0 Å². The van der Waals surface area contributed by atoms with Gasteiger partial charge < -0.3 is 0 Å². The Balaban J connectivity index is 2.04. The molecule has 0 aliphatic rings. The van der Waals surface area contributed by atoms with Crippen molar-refractivity contribution in [3.8, 4) is 0 Å². The van der Waals surface area contributed by atoms with Crippen LogP contribution in [0.2, 0.25) is 0 Å². The smallest absolute Gasteiger partial charge is 0.0715 e. The Morgan fingerprint density at radius 3 is 1.59 bits per heavy atom. The van der Waals surface area contributed by atoms with E-state index in [0.717, 1.165) is 35.3 Å². The summed E-state index contributed by atoms with van der Waals surface area (Å²) in [7, 11) is 0. The Bertz CT molecular complexity index is 1020. The molecule has 0 amide bonds. The molecule has 0 saturated heterocycles. The lowest BCUT2D eigenvalue weighted by Crippen LogP contribution is -1.95. The molecule has 2 heteroatoms. The largest absolute Gasteiger partial charge is 0.256 e. The van der Waals surface area contributed by atoms with Gasteiger partial charge in [0, 0.05) is 18.0 Å². The molecule has 148 valence electrons. The first-order chi connectivity index (χ1) is 14.0. The molecule has 29 heavy (non-hydrogen) atoms. The van der Waals surface area contributed by atoms with Crippen LogP contribution in [0.4, 0.5) is 11.4 Å². The fourth-order valence-electron chi connectivity index (χ4n) is 3.47. The summed E-state index contributed by atoms with van der Waals surface area (Å²) in [4.78, 5) is 9.80. The van der Waals surface area contributed by atoms with E-state index >= 15 is 0 Å². The van der Waals surface area contributed by atoms with Crippen molar-refractivity contribution in [3.63, 3.8) is 0 Å². The van der Waals surface area contributed by atoms with Gasteiger partial charge in [-0.05, 0) is 55.9 Å². The van der Waals surface area contributed by atoms with E-state index in [2.05, 4.69) is 89.2 Å². The van der Waals surface area contributed by atoms with Crippen LogP contribution in [-0.4, -0.2) is 12.4 Å². The first-order valence-corrected chi connectivity index (χ1v) is 10.4. The molecule has 3 aromatic carbocycles. The van der Waals surface area contributed by atoms with Gasteiger partial charge in [0.1, 0.15) is 0 Å². The molecule has 0 aliphatic heterocycles. The van der Waals surface area contributed by atoms with Gasteiger partial charge in [-0.25, -0.2) is 0 Å². The number of aryl methyl sites for hydroxylation is 4. The first kappa shape index (κ1) is 20.7. The van der Waals surface area contributed by atoms with Crippen LogP contribution in [0, 0.1) is 20.8 Å². The van der Waals surface area contributed by atoms with Gasteiger partial charge in [0.05, 0.1) is 11.4 Å². The lowest BCUT2D eigenvalue weighted by atomic mass is 9.97. The number of rotatable bonds is 6. The molecule has 0 aliphatic carbocycles. The lowest BCUT2D eigenvalue weighted by molar-refractivity contribution is 1.07. The minimum Gasteiger partial charge on any atom is -0.256 e. The third kappa shape index (κ3) is 5.08. The summed E-state index contributed by atoms with van der Waals surface area (Å²) >= 11 is 0. The van der Waals surface area contributed by atoms with Crippen molar-refractivity contribution < 1.29 is 0 Å². The molecule has 0 atom stereocenters. The Kier molecular flexibility index (Phi) is 6.77. The molecule has 0 N–H and O–H groups in total. The maximum Gasteiger partial charge on any atom is 0.0715 e. The highest BCUT2D eigenvalue weighted by atomic mass is 14.8. The fraction of sp³-hybridized carbons (Fsp3) is 0.259. The Labute approximate surface area is 175 Å². The molecule has 0 bridgehead atoms. The summed E-state index contributed by atoms with van der Waals surface area (Å²) in [6.45, 7) is 10.7. The van der Waals surface area contributed by atoms with Gasteiger partial charge in [-0.2, -0.15) is 0 Å². The zero-order chi connectivity index (χ0) is 20.8. The summed E-state index contributed by atoms with van der Waals surface area (Å²) in [5.74, 6) is 0. The molecule has 0 heterocycles. The number of hydrogen-bond donors (Lipinski definition) is 0. The first-order valence-electron chi connectivity index (χ1n) is 10.4. The average molecular weight is 383 g/mol. The minimum atomic E-state index is 0.899. The summed E-state index contributed by atoms with van der Waals surface area (Å²) < 4.78 is 0. The highest BCUT2D eigenvalue weighted by Gasteiger charge is 2.13. The van der Waals surface area contributed by atoms with Crippen LogP contribution >= 0.6 is 0 Å². The van der Waals surface area contributed by atoms with Crippen molar-refractivity contribution in [2.75, 3.05) is 0 Å². The van der Waals surface area contributed by atoms with Gasteiger partial charge in [0.25, 0.3) is 0 Å². The highest BCUT2D eigenvalue weighted by Crippen LogP contribution is 2.36. The van der Waals surface area contributed by atoms with Gasteiger partial charge in [-0.3, -0.25) is 9.98 Å². The molecule has 0 fully saturated rings. The Hall–Kier alpha value is -3.00. The number of nitrogens with zero attached hydrogens (tertiary/aromatic N) is 2. The topological polar surface area (TPSA) is 24.7 Å². The van der Waals surface area contributed by atoms with Crippen LogP contribution < -0.4 is 0 Å². The third-order valence-corrected chi connectivity index (χ3v) is 5.21. The van der Waals surface area contributed by atoms with E-state index in [4.69, 9.17) is 9.98 Å². The maximum atomic E-state index is 4.92. The SMILES string of the molecule is CCc1cc(C)c(N=Cc2ccc(C)cc2)c(CC)c1N=Cc1ccc(C)cc1. The molecule has 0 radical (unpaired) electrons. The van der Waals surface area contributed by atoms with Gasteiger partial charge in [0.2, 0.25) is 0 Å². The molecular weight excluding hydrogens is 352 g/mol. The van der Waals surface area contributed by atoms with E-state index in [1.54, 1.807) is 0 Å². The monoisotopic (exact) mass is 382 g/mol. The van der Waals surface area contributed by atoms with Crippen molar-refractivity contribution in [1.29, 1.82) is 0 Å². The predicted molar refractivity (Wildman–Crippen MR) is 127 cm³/mol. The molecule has 0 spiro atoms. The van der Waals surface area contributed by atoms with Gasteiger partial charge in [0.15, 0.2) is 0 Å². The van der Waals surface area contributed by atoms with Crippen molar-refractivity contribution in [2.24, 2.45) is 9.98 Å². The second-order valence-corrected chi connectivity index (χ2v) is 7.57. The van der Waals surface area contributed by atoms with Crippen molar-refractivity contribution in [3.05, 3.63) is 93.5 Å². The number of hydrogen-bond acceptors (Lipinski definition) is 2. The predicted octanol–water partition coefficient (Wildman–Crippen LogP) is 7.24. The molecule has 3 aromatic rings. The molecular formula is C27H30N2. The zero-order valence-corrected chi connectivity index (χ0v) is 18.2. The average Bonchev–Trinajstić information content (AvgIpc) is 2.73. The second kappa shape index (κ2) is 9.47. The summed E-state index contributed by atoms with van der Waals surface area (Å²) in [6.07, 6.45) is 5.78. The number of aliphatic imine (C=N–C) groups is 2. The van der Waals surface area contributed by atoms with E-state index in [-0.39, 0.29) is 0 Å². The van der Waals surface area contributed by atoms with Crippen LogP contribution in [0.25, 0.3) is 0 Å². The Morgan fingerprint density at radius 1 is 0.655 bits per heavy atom. The zero-order valence-electron chi connectivity index (χ0n) is 18.2. The van der Waals surface area contributed by atoms with E-state index in [1.807, 2.05) is 12.4 Å². The van der Waals surface area contributed by atoms with Gasteiger partial charge in [-0.1, -0.05) is 79.6 Å². The van der Waals surface area contributed by atoms with E-state index < -0.39 is 0 Å². The Morgan fingerprint density at radius 2 is 1.14 bits per heavy atom. The molecule has 0 unspecified atom stereocenters. The summed E-state index contributed by atoms with van der Waals surface area (Å²) in [5.41, 5.74) is 10.5. The van der Waals surface area contributed by atoms with Gasteiger partial charge in [-0.15, -0.1) is 0 Å². The molecule has 0 aromatic heterocycles. The van der Waals surface area contributed by atoms with E-state index in [9.17, 15) is 0 Å². The van der Waals surface area contributed by atoms with Crippen molar-refractivity contribution in [1.82, 2.24) is 0 Å². The molecule has 3 rings (SSSR count). The normalized spacial score (nSPS) is 11.6. The standard InChI is InChI=1S/C27H30N2/c1-6-24-16-21(5)26(28-17-22-12-8-19(3)9-13-22)25(7-2)27(24)29-18-23-14-10-20(4)11-15-23/h8-18H,6-7H2,1-5H3. The summed E-state index contributed by atoms with van der Waals surface area (Å²) in [6, 6.07) is 19.2. The highest BCUT2D eigenvalue weighted by molar-refractivity contribution is 5.86. The summed E-state index contributed by atoms with van der Waals surface area (Å²) in [5, 5.41) is 0. The fourth-order valence-corrected chi connectivity index (χ4v) is 3.47. The third-order valence-electron chi connectivity index (χ3n) is 5.21. The molecule has 0 saturated carbocycles. The maximum absolute atomic E-state index is 4.92. The molecule has 2 nitrogen and oxygen atoms in total.